The molecule has 1 atom stereocenters. The number of rotatable bonds is 4. The van der Waals surface area contributed by atoms with Crippen LogP contribution in [-0.2, 0) is 0 Å². The summed E-state index contributed by atoms with van der Waals surface area (Å²) >= 11 is 0. The van der Waals surface area contributed by atoms with Crippen molar-refractivity contribution in [3.05, 3.63) is 12.7 Å². The Kier molecular flexibility index (Phi) is 4.51. The van der Waals surface area contributed by atoms with Crippen LogP contribution in [0.25, 0.3) is 0 Å². The predicted molar refractivity (Wildman–Crippen MR) is 56.6 cm³/mol. The molecule has 0 aliphatic heterocycles. The number of aliphatic hydroxyl groups excluding tert-OH is 1. The fourth-order valence-corrected chi connectivity index (χ4v) is 2.42. The minimum atomic E-state index is -0.262. The molecule has 1 fully saturated rings. The highest BCUT2D eigenvalue weighted by atomic mass is 16.3. The van der Waals surface area contributed by atoms with Crippen LogP contribution in [0.15, 0.2) is 12.7 Å². The van der Waals surface area contributed by atoms with E-state index in [1.807, 2.05) is 0 Å². The van der Waals surface area contributed by atoms with Crippen molar-refractivity contribution in [1.29, 1.82) is 0 Å². The molecular formula is C12H22O. The third-order valence-corrected chi connectivity index (χ3v) is 3.31. The first-order valence-electron chi connectivity index (χ1n) is 5.58. The largest absolute Gasteiger partial charge is 0.389 e. The lowest BCUT2D eigenvalue weighted by Crippen LogP contribution is -2.23. The highest BCUT2D eigenvalue weighted by Crippen LogP contribution is 2.33. The Hall–Kier alpha value is -0.300. The van der Waals surface area contributed by atoms with Gasteiger partial charge in [-0.2, -0.15) is 0 Å². The molecule has 1 unspecified atom stereocenters. The van der Waals surface area contributed by atoms with E-state index in [4.69, 9.17) is 0 Å². The maximum Gasteiger partial charge on any atom is 0.0746 e. The minimum absolute atomic E-state index is 0.262. The summed E-state index contributed by atoms with van der Waals surface area (Å²) in [6, 6.07) is 0. The molecule has 1 saturated carbocycles. The van der Waals surface area contributed by atoms with Crippen LogP contribution in [0.5, 0.6) is 0 Å². The van der Waals surface area contributed by atoms with E-state index in [1.54, 1.807) is 6.08 Å². The van der Waals surface area contributed by atoms with Crippen LogP contribution < -0.4 is 0 Å². The smallest absolute Gasteiger partial charge is 0.0746 e. The molecule has 0 amide bonds. The average molecular weight is 182 g/mol. The van der Waals surface area contributed by atoms with Crippen molar-refractivity contribution in [2.24, 2.45) is 11.8 Å². The fourth-order valence-electron chi connectivity index (χ4n) is 2.42. The lowest BCUT2D eigenvalue weighted by molar-refractivity contribution is 0.109. The zero-order valence-electron chi connectivity index (χ0n) is 8.71. The molecule has 0 saturated heterocycles. The standard InChI is InChI=1S/C12H22O/c1-3-5-10-6-8-11(9-7-10)12(13)4-2/h4,10-13H,2-3,5-9H2,1H3. The van der Waals surface area contributed by atoms with Gasteiger partial charge in [0.25, 0.3) is 0 Å². The summed E-state index contributed by atoms with van der Waals surface area (Å²) < 4.78 is 0. The van der Waals surface area contributed by atoms with E-state index in [0.717, 1.165) is 5.92 Å². The van der Waals surface area contributed by atoms with E-state index >= 15 is 0 Å². The van der Waals surface area contributed by atoms with Gasteiger partial charge in [0.1, 0.15) is 0 Å². The first-order chi connectivity index (χ1) is 6.27. The van der Waals surface area contributed by atoms with Crippen LogP contribution in [0, 0.1) is 11.8 Å². The fraction of sp³-hybridized carbons (Fsp3) is 0.833. The van der Waals surface area contributed by atoms with Crippen molar-refractivity contribution >= 4 is 0 Å². The first kappa shape index (κ1) is 10.8. The van der Waals surface area contributed by atoms with Crippen molar-refractivity contribution in [3.8, 4) is 0 Å². The number of hydrogen-bond acceptors (Lipinski definition) is 1. The maximum absolute atomic E-state index is 9.58. The highest BCUT2D eigenvalue weighted by molar-refractivity contribution is 4.87. The van der Waals surface area contributed by atoms with Gasteiger partial charge in [0.2, 0.25) is 0 Å². The third kappa shape index (κ3) is 3.15. The second-order valence-electron chi connectivity index (χ2n) is 4.30. The van der Waals surface area contributed by atoms with Gasteiger partial charge in [-0.15, -0.1) is 6.58 Å². The van der Waals surface area contributed by atoms with Crippen molar-refractivity contribution in [1.82, 2.24) is 0 Å². The topological polar surface area (TPSA) is 20.2 Å². The van der Waals surface area contributed by atoms with Crippen LogP contribution in [-0.4, -0.2) is 11.2 Å². The van der Waals surface area contributed by atoms with Crippen LogP contribution in [0.1, 0.15) is 45.4 Å². The Balaban J connectivity index is 2.26. The monoisotopic (exact) mass is 182 g/mol. The molecule has 0 heterocycles. The van der Waals surface area contributed by atoms with Gasteiger partial charge in [0.05, 0.1) is 6.10 Å². The van der Waals surface area contributed by atoms with E-state index in [9.17, 15) is 5.11 Å². The van der Waals surface area contributed by atoms with Crippen molar-refractivity contribution in [2.75, 3.05) is 0 Å². The molecule has 1 heteroatoms. The molecule has 1 aliphatic rings. The molecule has 1 rings (SSSR count). The van der Waals surface area contributed by atoms with Crippen molar-refractivity contribution in [2.45, 2.75) is 51.6 Å². The lowest BCUT2D eigenvalue weighted by Gasteiger charge is -2.30. The van der Waals surface area contributed by atoms with Crippen molar-refractivity contribution < 1.29 is 5.11 Å². The highest BCUT2D eigenvalue weighted by Gasteiger charge is 2.24. The molecular weight excluding hydrogens is 160 g/mol. The molecule has 0 aromatic rings. The zero-order valence-corrected chi connectivity index (χ0v) is 8.71. The molecule has 0 bridgehead atoms. The average Bonchev–Trinajstić information content (AvgIpc) is 2.18. The molecule has 0 spiro atoms. The van der Waals surface area contributed by atoms with Gasteiger partial charge >= 0.3 is 0 Å². The Morgan fingerprint density at radius 1 is 1.38 bits per heavy atom. The molecule has 1 aliphatic carbocycles. The summed E-state index contributed by atoms with van der Waals surface area (Å²) in [7, 11) is 0. The summed E-state index contributed by atoms with van der Waals surface area (Å²) in [5.74, 6) is 1.42. The van der Waals surface area contributed by atoms with Crippen LogP contribution >= 0.6 is 0 Å². The third-order valence-electron chi connectivity index (χ3n) is 3.31. The quantitative estimate of drug-likeness (QED) is 0.662. The summed E-state index contributed by atoms with van der Waals surface area (Å²) in [6.45, 7) is 5.90. The van der Waals surface area contributed by atoms with E-state index in [-0.39, 0.29) is 6.10 Å². The van der Waals surface area contributed by atoms with Gasteiger partial charge in [0.15, 0.2) is 0 Å². The van der Waals surface area contributed by atoms with Gasteiger partial charge < -0.3 is 5.11 Å². The summed E-state index contributed by atoms with van der Waals surface area (Å²) in [4.78, 5) is 0. The van der Waals surface area contributed by atoms with E-state index in [2.05, 4.69) is 13.5 Å². The molecule has 1 N–H and O–H groups in total. The molecule has 0 radical (unpaired) electrons. The van der Waals surface area contributed by atoms with Gasteiger partial charge in [-0.25, -0.2) is 0 Å². The van der Waals surface area contributed by atoms with Crippen LogP contribution in [0.3, 0.4) is 0 Å². The van der Waals surface area contributed by atoms with Crippen molar-refractivity contribution in [3.63, 3.8) is 0 Å². The normalized spacial score (nSPS) is 31.2. The van der Waals surface area contributed by atoms with E-state index in [0.29, 0.717) is 5.92 Å². The van der Waals surface area contributed by atoms with E-state index in [1.165, 1.54) is 38.5 Å². The molecule has 1 nitrogen and oxygen atoms in total. The Morgan fingerprint density at radius 3 is 2.46 bits per heavy atom. The van der Waals surface area contributed by atoms with Gasteiger partial charge in [-0.1, -0.05) is 38.7 Å². The SMILES string of the molecule is C=CC(O)C1CCC(CCC)CC1. The number of aliphatic hydroxyl groups is 1. The van der Waals surface area contributed by atoms with Crippen LogP contribution in [0.4, 0.5) is 0 Å². The molecule has 0 aromatic heterocycles. The van der Waals surface area contributed by atoms with Gasteiger partial charge in [-0.05, 0) is 24.7 Å². The molecule has 0 aromatic carbocycles. The Bertz CT molecular complexity index is 145. The zero-order chi connectivity index (χ0) is 9.68. The van der Waals surface area contributed by atoms with Gasteiger partial charge in [-0.3, -0.25) is 0 Å². The Morgan fingerprint density at radius 2 is 2.00 bits per heavy atom. The Labute approximate surface area is 81.9 Å². The molecule has 76 valence electrons. The maximum atomic E-state index is 9.58. The van der Waals surface area contributed by atoms with E-state index < -0.39 is 0 Å². The van der Waals surface area contributed by atoms with Gasteiger partial charge in [0, 0.05) is 0 Å². The summed E-state index contributed by atoms with van der Waals surface area (Å²) in [5, 5.41) is 9.58. The van der Waals surface area contributed by atoms with Crippen LogP contribution in [0.2, 0.25) is 0 Å². The predicted octanol–water partition coefficient (Wildman–Crippen LogP) is 3.14. The summed E-state index contributed by atoms with van der Waals surface area (Å²) in [6.07, 6.45) is 9.10. The minimum Gasteiger partial charge on any atom is -0.389 e. The second-order valence-corrected chi connectivity index (χ2v) is 4.30. The first-order valence-corrected chi connectivity index (χ1v) is 5.58. The number of hydrogen-bond donors (Lipinski definition) is 1. The second kappa shape index (κ2) is 5.43. The summed E-state index contributed by atoms with van der Waals surface area (Å²) in [5.41, 5.74) is 0. The lowest BCUT2D eigenvalue weighted by atomic mass is 9.78. The molecule has 13 heavy (non-hydrogen) atoms.